The molecule has 0 saturated heterocycles. The van der Waals surface area contributed by atoms with Gasteiger partial charge in [0, 0.05) is 49.4 Å². The summed E-state index contributed by atoms with van der Waals surface area (Å²) in [4.78, 5) is 46.7. The van der Waals surface area contributed by atoms with Crippen LogP contribution >= 0.6 is 23.4 Å². The van der Waals surface area contributed by atoms with Gasteiger partial charge in [-0.05, 0) is 86.1 Å². The maximum absolute atomic E-state index is 12.8. The van der Waals surface area contributed by atoms with Crippen LogP contribution in [0, 0.1) is 20.2 Å². The number of alkyl halides is 3. The summed E-state index contributed by atoms with van der Waals surface area (Å²) in [5.74, 6) is 2.21. The van der Waals surface area contributed by atoms with Gasteiger partial charge in [0.1, 0.15) is 0 Å². The Bertz CT molecular complexity index is 1640. The van der Waals surface area contributed by atoms with Crippen LogP contribution in [0.2, 0.25) is 5.28 Å². The lowest BCUT2D eigenvalue weighted by molar-refractivity contribution is -0.393. The fourth-order valence-electron chi connectivity index (χ4n) is 4.30. The number of hydrogen-bond acceptors (Lipinski definition) is 16. The molecule has 3 rings (SSSR count). The number of rotatable bonds is 14. The van der Waals surface area contributed by atoms with Crippen molar-refractivity contribution in [1.29, 1.82) is 0 Å². The number of nitro benzene ring substituents is 2. The number of nitrogens with zero attached hydrogens (tertiary/aromatic N) is 9. The van der Waals surface area contributed by atoms with Gasteiger partial charge in [0.25, 0.3) is 11.4 Å². The Morgan fingerprint density at radius 3 is 1.46 bits per heavy atom. The van der Waals surface area contributed by atoms with Crippen molar-refractivity contribution in [2.75, 3.05) is 58.6 Å². The van der Waals surface area contributed by atoms with E-state index in [-0.39, 0.29) is 35.1 Å². The molecule has 17 nitrogen and oxygen atoms in total. The fourth-order valence-corrected chi connectivity index (χ4v) is 4.82. The summed E-state index contributed by atoms with van der Waals surface area (Å²) in [6.45, 7) is 21.9. The van der Waals surface area contributed by atoms with Gasteiger partial charge in [0.05, 0.1) is 15.4 Å². The standard InChI is InChI=1S/C13H16F3N3O4.C10H19N5S.C9H16ClN5/c1-3-5-17(6-4-2)12-10(18(20)21)7-9(13(14,15)16)8-11(12)19(22)23;1-6-11-7-12-8(15-10(2,3)4)14-9(13-7)16-5;1-5-11-7-12-6(10)13-8(14-7)15-9(2,3)4/h7-8H,3-6H2,1-2H3;6H2,1-5H3,(H2,11,12,13,14,15);5H2,1-4H3,(H2,11,12,13,14,15). The van der Waals surface area contributed by atoms with Crippen LogP contribution in [0.15, 0.2) is 17.3 Å². The topological polar surface area (TPSA) is 215 Å². The quantitative estimate of drug-likeness (QED) is 0.0682. The fraction of sp³-hybridized carbons (Fsp3) is 0.625. The van der Waals surface area contributed by atoms with E-state index in [2.05, 4.69) is 71.9 Å². The molecule has 0 bridgehead atoms. The number of aromatic nitrogens is 6. The second-order valence-corrected chi connectivity index (χ2v) is 14.5. The predicted octanol–water partition coefficient (Wildman–Crippen LogP) is 8.55. The largest absolute Gasteiger partial charge is 0.416 e. The molecule has 0 radical (unpaired) electrons. The third-order valence-electron chi connectivity index (χ3n) is 6.14. The molecule has 54 heavy (non-hydrogen) atoms. The molecule has 0 fully saturated rings. The number of thioether (sulfide) groups is 1. The van der Waals surface area contributed by atoms with Gasteiger partial charge in [-0.1, -0.05) is 25.6 Å². The molecule has 2 heterocycles. The third-order valence-corrected chi connectivity index (χ3v) is 6.86. The zero-order valence-electron chi connectivity index (χ0n) is 32.5. The first-order chi connectivity index (χ1) is 25.0. The van der Waals surface area contributed by atoms with E-state index in [0.29, 0.717) is 48.8 Å². The summed E-state index contributed by atoms with van der Waals surface area (Å²) in [6, 6.07) is 0.696. The van der Waals surface area contributed by atoms with Crippen molar-refractivity contribution >= 4 is 64.2 Å². The van der Waals surface area contributed by atoms with Crippen LogP contribution in [-0.4, -0.2) is 83.3 Å². The average molecular weight is 806 g/mol. The van der Waals surface area contributed by atoms with Crippen LogP contribution < -0.4 is 26.2 Å². The van der Waals surface area contributed by atoms with Gasteiger partial charge in [-0.15, -0.1) is 0 Å². The van der Waals surface area contributed by atoms with Crippen LogP contribution in [0.4, 0.5) is 54.0 Å². The van der Waals surface area contributed by atoms with Crippen LogP contribution in [-0.2, 0) is 6.18 Å². The number of hydrogen-bond donors (Lipinski definition) is 4. The van der Waals surface area contributed by atoms with E-state index in [1.54, 1.807) is 13.8 Å². The van der Waals surface area contributed by atoms with Gasteiger partial charge in [0.2, 0.25) is 29.1 Å². The van der Waals surface area contributed by atoms with Crippen molar-refractivity contribution in [2.45, 2.75) is 104 Å². The van der Waals surface area contributed by atoms with Crippen molar-refractivity contribution in [3.63, 3.8) is 0 Å². The zero-order chi connectivity index (χ0) is 41.4. The first-order valence-corrected chi connectivity index (χ1v) is 18.6. The predicted molar refractivity (Wildman–Crippen MR) is 209 cm³/mol. The highest BCUT2D eigenvalue weighted by molar-refractivity contribution is 7.98. The van der Waals surface area contributed by atoms with Crippen LogP contribution in [0.5, 0.6) is 0 Å². The van der Waals surface area contributed by atoms with E-state index in [1.807, 2.05) is 40.9 Å². The highest BCUT2D eigenvalue weighted by Crippen LogP contribution is 2.43. The Balaban J connectivity index is 0.000000418. The van der Waals surface area contributed by atoms with Gasteiger partial charge in [-0.3, -0.25) is 20.2 Å². The van der Waals surface area contributed by atoms with Crippen molar-refractivity contribution in [1.82, 2.24) is 29.9 Å². The number of anilines is 5. The lowest BCUT2D eigenvalue weighted by Crippen LogP contribution is -2.27. The molecular formula is C32H51ClF3N13O4S. The highest BCUT2D eigenvalue weighted by Gasteiger charge is 2.39. The van der Waals surface area contributed by atoms with E-state index >= 15 is 0 Å². The number of nitrogens with one attached hydrogen (secondary N) is 4. The molecule has 0 amide bonds. The van der Waals surface area contributed by atoms with Crippen LogP contribution in [0.1, 0.15) is 87.6 Å². The molecule has 0 saturated carbocycles. The Kier molecular flexibility index (Phi) is 18.8. The van der Waals surface area contributed by atoms with E-state index in [4.69, 9.17) is 11.6 Å². The lowest BCUT2D eigenvalue weighted by atomic mass is 10.1. The summed E-state index contributed by atoms with van der Waals surface area (Å²) in [5.41, 5.74) is -3.76. The monoisotopic (exact) mass is 805 g/mol. The summed E-state index contributed by atoms with van der Waals surface area (Å²) < 4.78 is 38.5. The molecule has 2 aromatic heterocycles. The summed E-state index contributed by atoms with van der Waals surface area (Å²) in [7, 11) is 0. The van der Waals surface area contributed by atoms with Crippen molar-refractivity contribution < 1.29 is 23.0 Å². The molecule has 4 N–H and O–H groups in total. The maximum atomic E-state index is 12.8. The third kappa shape index (κ3) is 17.1. The molecule has 22 heteroatoms. The molecule has 0 atom stereocenters. The van der Waals surface area contributed by atoms with Gasteiger partial charge in [-0.25, -0.2) is 0 Å². The molecule has 0 aliphatic carbocycles. The molecule has 0 spiro atoms. The normalized spacial score (nSPS) is 11.3. The summed E-state index contributed by atoms with van der Waals surface area (Å²) in [5, 5.41) is 35.7. The highest BCUT2D eigenvalue weighted by atomic mass is 35.5. The van der Waals surface area contributed by atoms with Crippen LogP contribution in [0.25, 0.3) is 0 Å². The molecule has 302 valence electrons. The molecule has 0 aliphatic heterocycles. The Morgan fingerprint density at radius 2 is 1.11 bits per heavy atom. The lowest BCUT2D eigenvalue weighted by Gasteiger charge is -2.23. The van der Waals surface area contributed by atoms with Gasteiger partial charge < -0.3 is 26.2 Å². The van der Waals surface area contributed by atoms with Gasteiger partial charge in [-0.2, -0.15) is 43.1 Å². The first-order valence-electron chi connectivity index (χ1n) is 17.0. The minimum atomic E-state index is -4.91. The van der Waals surface area contributed by atoms with Gasteiger partial charge >= 0.3 is 6.18 Å². The second kappa shape index (κ2) is 21.4. The van der Waals surface area contributed by atoms with Crippen molar-refractivity contribution in [3.8, 4) is 0 Å². The Labute approximate surface area is 322 Å². The molecule has 3 aromatic rings. The summed E-state index contributed by atoms with van der Waals surface area (Å²) in [6.07, 6.45) is -1.88. The van der Waals surface area contributed by atoms with E-state index in [1.165, 1.54) is 16.7 Å². The Morgan fingerprint density at radius 1 is 0.722 bits per heavy atom. The van der Waals surface area contributed by atoms with Crippen LogP contribution in [0.3, 0.4) is 0 Å². The number of halogens is 4. The average Bonchev–Trinajstić information content (AvgIpc) is 3.02. The van der Waals surface area contributed by atoms with Gasteiger partial charge in [0.15, 0.2) is 10.8 Å². The summed E-state index contributed by atoms with van der Waals surface area (Å²) >= 11 is 7.28. The smallest absolute Gasteiger partial charge is 0.360 e. The van der Waals surface area contributed by atoms with E-state index < -0.39 is 33.0 Å². The van der Waals surface area contributed by atoms with E-state index in [9.17, 15) is 33.4 Å². The first kappa shape index (κ1) is 47.5. The molecule has 0 unspecified atom stereocenters. The maximum Gasteiger partial charge on any atom is 0.416 e. The Hall–Kier alpha value is -4.53. The van der Waals surface area contributed by atoms with Crippen molar-refractivity contribution in [3.05, 3.63) is 43.2 Å². The molecule has 0 aliphatic rings. The SMILES string of the molecule is CCCN(CCC)c1c([N+](=O)[O-])cc(C(F)(F)F)cc1[N+](=O)[O-].CCNc1nc(Cl)nc(NC(C)(C)C)n1.CCNc1nc(NC(C)(C)C)nc(SC)n1. The van der Waals surface area contributed by atoms with E-state index in [0.717, 1.165) is 18.2 Å². The number of benzene rings is 1. The molecular weight excluding hydrogens is 755 g/mol. The minimum absolute atomic E-state index is 0.0550. The number of nitro groups is 2. The second-order valence-electron chi connectivity index (χ2n) is 13.4. The molecule has 1 aromatic carbocycles. The van der Waals surface area contributed by atoms with Crippen molar-refractivity contribution in [2.24, 2.45) is 0 Å². The minimum Gasteiger partial charge on any atom is -0.360 e. The zero-order valence-corrected chi connectivity index (χ0v) is 34.0.